The molecule has 180 valence electrons. The van der Waals surface area contributed by atoms with Crippen molar-refractivity contribution in [2.75, 3.05) is 32.1 Å². The van der Waals surface area contributed by atoms with Gasteiger partial charge in [0.1, 0.15) is 0 Å². The number of fused-ring (bicyclic) bond motifs is 1. The van der Waals surface area contributed by atoms with Crippen LogP contribution >= 0.6 is 0 Å². The van der Waals surface area contributed by atoms with Crippen molar-refractivity contribution in [1.82, 2.24) is 20.9 Å². The van der Waals surface area contributed by atoms with Crippen LogP contribution in [0.2, 0.25) is 0 Å². The third-order valence-electron chi connectivity index (χ3n) is 6.64. The van der Waals surface area contributed by atoms with Crippen LogP contribution in [0.25, 0.3) is 0 Å². The summed E-state index contributed by atoms with van der Waals surface area (Å²) in [6.45, 7) is 1.64. The second kappa shape index (κ2) is 10.7. The van der Waals surface area contributed by atoms with E-state index < -0.39 is 0 Å². The van der Waals surface area contributed by atoms with E-state index in [9.17, 15) is 14.4 Å². The highest BCUT2D eigenvalue weighted by Crippen LogP contribution is 2.26. The Hall–Kier alpha value is -3.39. The maximum Gasteiger partial charge on any atom is 0.251 e. The molecule has 0 spiro atoms. The molecule has 34 heavy (non-hydrogen) atoms. The molecule has 0 aliphatic carbocycles. The summed E-state index contributed by atoms with van der Waals surface area (Å²) >= 11 is 0. The third-order valence-corrected chi connectivity index (χ3v) is 6.64. The van der Waals surface area contributed by atoms with E-state index in [4.69, 9.17) is 0 Å². The molecule has 8 nitrogen and oxygen atoms in total. The van der Waals surface area contributed by atoms with Crippen molar-refractivity contribution >= 4 is 23.4 Å². The molecule has 2 aliphatic rings. The largest absolute Gasteiger partial charge is 0.378 e. The molecule has 2 aromatic rings. The summed E-state index contributed by atoms with van der Waals surface area (Å²) in [5, 5.41) is 9.04. The summed E-state index contributed by atoms with van der Waals surface area (Å²) in [4.78, 5) is 41.7. The van der Waals surface area contributed by atoms with Crippen molar-refractivity contribution in [3.05, 3.63) is 65.7 Å². The number of amides is 3. The molecular formula is C26H33N5O3. The van der Waals surface area contributed by atoms with E-state index in [2.05, 4.69) is 20.9 Å². The van der Waals surface area contributed by atoms with Gasteiger partial charge in [-0.3, -0.25) is 19.3 Å². The second-order valence-corrected chi connectivity index (χ2v) is 9.26. The van der Waals surface area contributed by atoms with E-state index in [1.165, 1.54) is 0 Å². The molecule has 2 saturated heterocycles. The highest BCUT2D eigenvalue weighted by atomic mass is 16.2. The van der Waals surface area contributed by atoms with Crippen LogP contribution in [0.1, 0.15) is 35.2 Å². The van der Waals surface area contributed by atoms with Crippen molar-refractivity contribution < 1.29 is 14.4 Å². The lowest BCUT2D eigenvalue weighted by atomic mass is 10.0. The van der Waals surface area contributed by atoms with Crippen LogP contribution in [0, 0.1) is 0 Å². The molecule has 2 aromatic carbocycles. The van der Waals surface area contributed by atoms with Crippen LogP contribution in [0.3, 0.4) is 0 Å². The molecule has 0 unspecified atom stereocenters. The normalized spacial score (nSPS) is 21.9. The smallest absolute Gasteiger partial charge is 0.251 e. The van der Waals surface area contributed by atoms with Crippen molar-refractivity contribution in [2.45, 2.75) is 43.9 Å². The molecular weight excluding hydrogens is 430 g/mol. The Labute approximate surface area is 200 Å². The number of rotatable bonds is 8. The van der Waals surface area contributed by atoms with Crippen LogP contribution in [0.15, 0.2) is 54.6 Å². The third kappa shape index (κ3) is 5.75. The number of piperazine rings is 1. The molecule has 2 fully saturated rings. The Morgan fingerprint density at radius 3 is 2.53 bits per heavy atom. The lowest BCUT2D eigenvalue weighted by Crippen LogP contribution is -2.58. The summed E-state index contributed by atoms with van der Waals surface area (Å²) in [5.41, 5.74) is 2.70. The quantitative estimate of drug-likeness (QED) is 0.552. The average Bonchev–Trinajstić information content (AvgIpc) is 3.27. The van der Waals surface area contributed by atoms with Crippen molar-refractivity contribution in [1.29, 1.82) is 0 Å². The van der Waals surface area contributed by atoms with Crippen LogP contribution in [-0.2, 0) is 16.1 Å². The van der Waals surface area contributed by atoms with Gasteiger partial charge in [0.05, 0.1) is 6.04 Å². The summed E-state index contributed by atoms with van der Waals surface area (Å²) in [7, 11) is 3.91. The van der Waals surface area contributed by atoms with Gasteiger partial charge in [0.2, 0.25) is 11.8 Å². The van der Waals surface area contributed by atoms with Crippen LogP contribution < -0.4 is 20.9 Å². The lowest BCUT2D eigenvalue weighted by Gasteiger charge is -2.37. The maximum absolute atomic E-state index is 12.8. The molecule has 2 aliphatic heterocycles. The van der Waals surface area contributed by atoms with Crippen molar-refractivity contribution in [2.24, 2.45) is 0 Å². The number of nitrogens with one attached hydrogen (secondary N) is 3. The first-order valence-electron chi connectivity index (χ1n) is 11.8. The number of hydrogen-bond acceptors (Lipinski definition) is 5. The predicted octanol–water partition coefficient (Wildman–Crippen LogP) is 1.52. The first-order chi connectivity index (χ1) is 16.4. The zero-order chi connectivity index (χ0) is 24.1. The molecule has 3 amide bonds. The van der Waals surface area contributed by atoms with Gasteiger partial charge in [-0.15, -0.1) is 0 Å². The molecule has 2 heterocycles. The van der Waals surface area contributed by atoms with Gasteiger partial charge >= 0.3 is 0 Å². The zero-order valence-corrected chi connectivity index (χ0v) is 19.8. The standard InChI is InChI=1S/C26H33N5O3/c1-30(2)21-10-8-19(9-11-21)25(33)29-20-14-23-26(34)28-16-22(31(23)17-20)12-13-24(32)27-15-18-6-4-3-5-7-18/h3-11,20,22-23H,12-17H2,1-2H3,(H,27,32)(H,28,34)(H,29,33)/t20-,22+,23-/m0/s1. The number of nitrogens with zero attached hydrogens (tertiary/aromatic N) is 2. The van der Waals surface area contributed by atoms with Crippen LogP contribution in [0.5, 0.6) is 0 Å². The molecule has 3 atom stereocenters. The fourth-order valence-electron chi connectivity index (χ4n) is 4.71. The molecule has 0 aromatic heterocycles. The van der Waals surface area contributed by atoms with Crippen molar-refractivity contribution in [3.63, 3.8) is 0 Å². The number of carbonyl (C=O) groups is 3. The molecule has 4 rings (SSSR count). The van der Waals surface area contributed by atoms with E-state index in [1.54, 1.807) is 0 Å². The van der Waals surface area contributed by atoms with E-state index in [-0.39, 0.29) is 35.8 Å². The van der Waals surface area contributed by atoms with Gasteiger partial charge in [0, 0.05) is 63.5 Å². The second-order valence-electron chi connectivity index (χ2n) is 9.26. The number of benzene rings is 2. The van der Waals surface area contributed by atoms with E-state index >= 15 is 0 Å². The average molecular weight is 464 g/mol. The first-order valence-corrected chi connectivity index (χ1v) is 11.8. The Bertz CT molecular complexity index is 1010. The van der Waals surface area contributed by atoms with Crippen molar-refractivity contribution in [3.8, 4) is 0 Å². The highest BCUT2D eigenvalue weighted by molar-refractivity contribution is 5.95. The Morgan fingerprint density at radius 1 is 1.09 bits per heavy atom. The van der Waals surface area contributed by atoms with E-state index in [1.807, 2.05) is 73.6 Å². The van der Waals surface area contributed by atoms with Gasteiger partial charge in [-0.2, -0.15) is 0 Å². The molecule has 0 radical (unpaired) electrons. The molecule has 8 heteroatoms. The summed E-state index contributed by atoms with van der Waals surface area (Å²) in [6.07, 6.45) is 1.62. The minimum absolute atomic E-state index is 0.00234. The summed E-state index contributed by atoms with van der Waals surface area (Å²) in [6, 6.07) is 17.0. The van der Waals surface area contributed by atoms with Gasteiger partial charge in [-0.1, -0.05) is 30.3 Å². The predicted molar refractivity (Wildman–Crippen MR) is 131 cm³/mol. The number of anilines is 1. The Balaban J connectivity index is 1.29. The fourth-order valence-corrected chi connectivity index (χ4v) is 4.71. The summed E-state index contributed by atoms with van der Waals surface area (Å²) in [5.74, 6) is -0.133. The molecule has 3 N–H and O–H groups in total. The first kappa shape index (κ1) is 23.8. The highest BCUT2D eigenvalue weighted by Gasteiger charge is 2.43. The minimum atomic E-state index is -0.271. The van der Waals surface area contributed by atoms with E-state index in [0.29, 0.717) is 44.5 Å². The fraction of sp³-hybridized carbons (Fsp3) is 0.423. The number of carbonyl (C=O) groups excluding carboxylic acids is 3. The van der Waals surface area contributed by atoms with Crippen LogP contribution in [0.4, 0.5) is 5.69 Å². The van der Waals surface area contributed by atoms with Gasteiger partial charge in [-0.25, -0.2) is 0 Å². The Morgan fingerprint density at radius 2 is 1.82 bits per heavy atom. The minimum Gasteiger partial charge on any atom is -0.378 e. The van der Waals surface area contributed by atoms with Gasteiger partial charge < -0.3 is 20.9 Å². The topological polar surface area (TPSA) is 93.8 Å². The molecule has 0 bridgehead atoms. The zero-order valence-electron chi connectivity index (χ0n) is 19.8. The van der Waals surface area contributed by atoms with Gasteiger partial charge in [0.25, 0.3) is 5.91 Å². The Kier molecular flexibility index (Phi) is 7.47. The van der Waals surface area contributed by atoms with Gasteiger partial charge in [0.15, 0.2) is 0 Å². The SMILES string of the molecule is CN(C)c1ccc(C(=O)N[C@H]2C[C@H]3C(=O)NC[C@@H](CCC(=O)NCc4ccccc4)N3C2)cc1. The van der Waals surface area contributed by atoms with E-state index in [0.717, 1.165) is 11.3 Å². The van der Waals surface area contributed by atoms with Gasteiger partial charge in [-0.05, 0) is 42.7 Å². The summed E-state index contributed by atoms with van der Waals surface area (Å²) < 4.78 is 0. The van der Waals surface area contributed by atoms with Crippen LogP contribution in [-0.4, -0.2) is 67.9 Å². The maximum atomic E-state index is 12.8. The monoisotopic (exact) mass is 463 g/mol. The molecule has 0 saturated carbocycles. The number of hydrogen-bond donors (Lipinski definition) is 3. The lowest BCUT2D eigenvalue weighted by molar-refractivity contribution is -0.129.